The average Bonchev–Trinajstić information content (AvgIpc) is 3.53. The average molecular weight is 432 g/mol. The molecule has 0 unspecified atom stereocenters. The van der Waals surface area contributed by atoms with Gasteiger partial charge in [0.05, 0.1) is 5.75 Å². The van der Waals surface area contributed by atoms with Crippen molar-refractivity contribution in [1.82, 2.24) is 34.7 Å². The lowest BCUT2D eigenvalue weighted by Crippen LogP contribution is -2.07. The summed E-state index contributed by atoms with van der Waals surface area (Å²) >= 11 is 1.54. The number of rotatable bonds is 7. The lowest BCUT2D eigenvalue weighted by molar-refractivity contribution is 0.669. The van der Waals surface area contributed by atoms with Gasteiger partial charge < -0.3 is 11.1 Å². The van der Waals surface area contributed by atoms with Gasteiger partial charge in [0.25, 0.3) is 0 Å². The number of pyridine rings is 1. The first kappa shape index (κ1) is 19.4. The van der Waals surface area contributed by atoms with Gasteiger partial charge in [-0.2, -0.15) is 15.0 Å². The van der Waals surface area contributed by atoms with Crippen molar-refractivity contribution in [3.8, 4) is 11.4 Å². The summed E-state index contributed by atoms with van der Waals surface area (Å²) < 4.78 is 2.19. The summed E-state index contributed by atoms with van der Waals surface area (Å²) in [6.07, 6.45) is 5.82. The zero-order valence-electron chi connectivity index (χ0n) is 16.9. The summed E-state index contributed by atoms with van der Waals surface area (Å²) in [4.78, 5) is 17.2. The number of anilines is 3. The SMILES string of the molecule is Cc1ccc(Nc2nc(N)nc(CSc3nnc(-c4cccnc4)n3C3CC3)n2)cc1. The van der Waals surface area contributed by atoms with Gasteiger partial charge in [0.2, 0.25) is 11.9 Å². The third-order valence-corrected chi connectivity index (χ3v) is 5.77. The van der Waals surface area contributed by atoms with Gasteiger partial charge in [0, 0.05) is 29.7 Å². The summed E-state index contributed by atoms with van der Waals surface area (Å²) in [6, 6.07) is 12.3. The van der Waals surface area contributed by atoms with Crippen LogP contribution < -0.4 is 11.1 Å². The minimum absolute atomic E-state index is 0.180. The molecule has 5 rings (SSSR count). The largest absolute Gasteiger partial charge is 0.368 e. The first-order valence-corrected chi connectivity index (χ1v) is 11.0. The van der Waals surface area contributed by atoms with Crippen LogP contribution in [0.25, 0.3) is 11.4 Å². The molecule has 0 amide bonds. The topological polar surface area (TPSA) is 120 Å². The highest BCUT2D eigenvalue weighted by molar-refractivity contribution is 7.98. The minimum Gasteiger partial charge on any atom is -0.368 e. The van der Waals surface area contributed by atoms with Gasteiger partial charge in [0.15, 0.2) is 11.0 Å². The van der Waals surface area contributed by atoms with Crippen molar-refractivity contribution in [1.29, 1.82) is 0 Å². The van der Waals surface area contributed by atoms with Crippen LogP contribution in [0.4, 0.5) is 17.6 Å². The van der Waals surface area contributed by atoms with E-state index in [0.717, 1.165) is 35.1 Å². The lowest BCUT2D eigenvalue weighted by atomic mass is 10.2. The first-order valence-electron chi connectivity index (χ1n) is 9.98. The molecule has 3 aromatic heterocycles. The second-order valence-electron chi connectivity index (χ2n) is 7.36. The maximum Gasteiger partial charge on any atom is 0.232 e. The zero-order valence-corrected chi connectivity index (χ0v) is 17.8. The van der Waals surface area contributed by atoms with E-state index in [1.807, 2.05) is 49.5 Å². The van der Waals surface area contributed by atoms with Crippen LogP contribution in [0.2, 0.25) is 0 Å². The van der Waals surface area contributed by atoms with Crippen molar-refractivity contribution in [3.63, 3.8) is 0 Å². The van der Waals surface area contributed by atoms with Crippen LogP contribution in [-0.4, -0.2) is 34.7 Å². The molecule has 0 radical (unpaired) electrons. The van der Waals surface area contributed by atoms with Gasteiger partial charge in [-0.25, -0.2) is 0 Å². The van der Waals surface area contributed by atoms with Crippen molar-refractivity contribution in [3.05, 3.63) is 60.2 Å². The molecule has 0 spiro atoms. The molecule has 0 aliphatic heterocycles. The maximum atomic E-state index is 5.92. The van der Waals surface area contributed by atoms with Crippen LogP contribution in [0.15, 0.2) is 53.9 Å². The standard InChI is InChI=1S/C21H21N9S/c1-13-4-6-15(7-5-13)24-20-26-17(25-19(22)27-20)12-31-21-29-28-18(30(21)16-8-9-16)14-3-2-10-23-11-14/h2-7,10-11,16H,8-9,12H2,1H3,(H3,22,24,25,26,27). The number of benzene rings is 1. The minimum atomic E-state index is 0.180. The number of aryl methyl sites for hydroxylation is 1. The molecule has 31 heavy (non-hydrogen) atoms. The first-order chi connectivity index (χ1) is 15.2. The highest BCUT2D eigenvalue weighted by atomic mass is 32.2. The Balaban J connectivity index is 1.35. The molecule has 1 fully saturated rings. The molecule has 1 aliphatic carbocycles. The molecule has 1 aliphatic rings. The molecule has 9 nitrogen and oxygen atoms in total. The Bertz CT molecular complexity index is 1190. The Morgan fingerprint density at radius 1 is 1.10 bits per heavy atom. The molecule has 0 atom stereocenters. The molecular formula is C21H21N9S. The van der Waals surface area contributed by atoms with E-state index in [4.69, 9.17) is 5.73 Å². The number of thioether (sulfide) groups is 1. The normalized spacial score (nSPS) is 13.3. The van der Waals surface area contributed by atoms with Gasteiger partial charge >= 0.3 is 0 Å². The van der Waals surface area contributed by atoms with Crippen LogP contribution in [0, 0.1) is 6.92 Å². The second kappa shape index (κ2) is 8.31. The third-order valence-electron chi connectivity index (χ3n) is 4.83. The number of aromatic nitrogens is 7. The molecule has 3 heterocycles. The Morgan fingerprint density at radius 3 is 2.68 bits per heavy atom. The lowest BCUT2D eigenvalue weighted by Gasteiger charge is -2.09. The van der Waals surface area contributed by atoms with E-state index < -0.39 is 0 Å². The number of nitrogens with one attached hydrogen (secondary N) is 1. The van der Waals surface area contributed by atoms with Gasteiger partial charge in [-0.1, -0.05) is 29.5 Å². The quantitative estimate of drug-likeness (QED) is 0.421. The Kier molecular flexibility index (Phi) is 5.21. The molecule has 1 saturated carbocycles. The number of nitrogens with two attached hydrogens (primary N) is 1. The van der Waals surface area contributed by atoms with Crippen LogP contribution in [-0.2, 0) is 5.75 Å². The molecule has 10 heteroatoms. The zero-order chi connectivity index (χ0) is 21.2. The highest BCUT2D eigenvalue weighted by Crippen LogP contribution is 2.41. The Morgan fingerprint density at radius 2 is 1.94 bits per heavy atom. The predicted octanol–water partition coefficient (Wildman–Crippen LogP) is 3.79. The number of nitrogen functional groups attached to an aromatic ring is 1. The van der Waals surface area contributed by atoms with E-state index in [-0.39, 0.29) is 5.95 Å². The van der Waals surface area contributed by atoms with Crippen LogP contribution >= 0.6 is 11.8 Å². The summed E-state index contributed by atoms with van der Waals surface area (Å²) in [5.41, 5.74) is 8.96. The number of hydrogen-bond donors (Lipinski definition) is 2. The number of nitrogens with zero attached hydrogens (tertiary/aromatic N) is 7. The monoisotopic (exact) mass is 431 g/mol. The summed E-state index contributed by atoms with van der Waals surface area (Å²) in [7, 11) is 0. The number of hydrogen-bond acceptors (Lipinski definition) is 9. The van der Waals surface area contributed by atoms with Gasteiger partial charge in [0.1, 0.15) is 5.82 Å². The predicted molar refractivity (Wildman–Crippen MR) is 120 cm³/mol. The van der Waals surface area contributed by atoms with E-state index in [1.54, 1.807) is 18.0 Å². The molecular weight excluding hydrogens is 410 g/mol. The summed E-state index contributed by atoms with van der Waals surface area (Å²) in [6.45, 7) is 2.04. The van der Waals surface area contributed by atoms with Crippen molar-refractivity contribution >= 4 is 29.3 Å². The van der Waals surface area contributed by atoms with E-state index in [2.05, 4.69) is 40.0 Å². The fraction of sp³-hybridized carbons (Fsp3) is 0.238. The fourth-order valence-corrected chi connectivity index (χ4v) is 4.04. The smallest absolute Gasteiger partial charge is 0.232 e. The van der Waals surface area contributed by atoms with Gasteiger partial charge in [-0.05, 0) is 44.0 Å². The van der Waals surface area contributed by atoms with E-state index in [0.29, 0.717) is 23.6 Å². The Labute approximate surface area is 183 Å². The summed E-state index contributed by atoms with van der Waals surface area (Å²) in [5, 5.41) is 12.9. The second-order valence-corrected chi connectivity index (χ2v) is 8.30. The van der Waals surface area contributed by atoms with Gasteiger partial charge in [-0.15, -0.1) is 10.2 Å². The van der Waals surface area contributed by atoms with Crippen LogP contribution in [0.3, 0.4) is 0 Å². The molecule has 0 saturated heterocycles. The molecule has 4 aromatic rings. The molecule has 3 N–H and O–H groups in total. The summed E-state index contributed by atoms with van der Waals surface area (Å²) in [5.74, 6) is 2.54. The third kappa shape index (κ3) is 4.48. The van der Waals surface area contributed by atoms with E-state index >= 15 is 0 Å². The van der Waals surface area contributed by atoms with Crippen molar-refractivity contribution < 1.29 is 0 Å². The van der Waals surface area contributed by atoms with Crippen LogP contribution in [0.1, 0.15) is 30.3 Å². The fourth-order valence-electron chi connectivity index (χ4n) is 3.18. The molecule has 156 valence electrons. The maximum absolute atomic E-state index is 5.92. The van der Waals surface area contributed by atoms with Crippen molar-refractivity contribution in [2.24, 2.45) is 0 Å². The van der Waals surface area contributed by atoms with Crippen molar-refractivity contribution in [2.45, 2.75) is 36.7 Å². The van der Waals surface area contributed by atoms with Gasteiger partial charge in [-0.3, -0.25) is 9.55 Å². The van der Waals surface area contributed by atoms with E-state index in [9.17, 15) is 0 Å². The van der Waals surface area contributed by atoms with Crippen molar-refractivity contribution in [2.75, 3.05) is 11.1 Å². The van der Waals surface area contributed by atoms with Crippen LogP contribution in [0.5, 0.6) is 0 Å². The molecule has 0 bridgehead atoms. The molecule has 1 aromatic carbocycles. The van der Waals surface area contributed by atoms with E-state index in [1.165, 1.54) is 5.56 Å². The Hall–Kier alpha value is -3.53. The highest BCUT2D eigenvalue weighted by Gasteiger charge is 2.30.